The molecule has 0 atom stereocenters. The van der Waals surface area contributed by atoms with Crippen molar-refractivity contribution in [1.82, 2.24) is 4.98 Å². The lowest BCUT2D eigenvalue weighted by Gasteiger charge is -2.19. The number of fused-ring (bicyclic) bond motifs is 1. The zero-order valence-corrected chi connectivity index (χ0v) is 11.2. The number of hydrogen-bond acceptors (Lipinski definition) is 4. The molecule has 0 aliphatic rings. The van der Waals surface area contributed by atoms with Gasteiger partial charge in [0.1, 0.15) is 11.6 Å². The number of ether oxygens (including phenoxy) is 1. The first-order chi connectivity index (χ1) is 9.11. The van der Waals surface area contributed by atoms with Crippen LogP contribution in [-0.2, 0) is 0 Å². The minimum Gasteiger partial charge on any atom is -0.497 e. The Bertz CT molecular complexity index is 597. The maximum Gasteiger partial charge on any atom is 0.136 e. The van der Waals surface area contributed by atoms with Crippen molar-refractivity contribution in [3.05, 3.63) is 30.5 Å². The highest BCUT2D eigenvalue weighted by Gasteiger charge is 2.08. The molecule has 1 heterocycles. The molecule has 0 saturated heterocycles. The Balaban J connectivity index is 2.38. The summed E-state index contributed by atoms with van der Waals surface area (Å²) in [4.78, 5) is 6.42. The number of benzene rings is 1. The Hall–Kier alpha value is -2.30. The first kappa shape index (κ1) is 13.1. The molecule has 0 spiro atoms. The topological polar surface area (TPSA) is 75.2 Å². The van der Waals surface area contributed by atoms with Gasteiger partial charge >= 0.3 is 0 Å². The molecule has 1 aromatic carbocycles. The van der Waals surface area contributed by atoms with Gasteiger partial charge in [-0.05, 0) is 23.6 Å². The van der Waals surface area contributed by atoms with Gasteiger partial charge in [-0.25, -0.2) is 4.98 Å². The molecule has 100 valence electrons. The molecule has 0 amide bonds. The number of nitrogens with zero attached hydrogens (tertiary/aromatic N) is 2. The summed E-state index contributed by atoms with van der Waals surface area (Å²) in [7, 11) is 3.60. The molecule has 0 radical (unpaired) electrons. The van der Waals surface area contributed by atoms with E-state index in [1.54, 1.807) is 13.3 Å². The molecule has 0 unspecified atom stereocenters. The summed E-state index contributed by atoms with van der Waals surface area (Å²) in [6.07, 6.45) is 2.31. The lowest BCUT2D eigenvalue weighted by atomic mass is 10.1. The second-order valence-corrected chi connectivity index (χ2v) is 4.42. The van der Waals surface area contributed by atoms with E-state index in [0.717, 1.165) is 22.3 Å². The second kappa shape index (κ2) is 5.56. The van der Waals surface area contributed by atoms with Crippen LogP contribution in [-0.4, -0.2) is 31.5 Å². The van der Waals surface area contributed by atoms with Crippen molar-refractivity contribution in [3.63, 3.8) is 0 Å². The Morgan fingerprint density at radius 2 is 2.21 bits per heavy atom. The monoisotopic (exact) mass is 258 g/mol. The number of anilines is 1. The fourth-order valence-electron chi connectivity index (χ4n) is 1.96. The standard InChI is InChI=1S/C14H18N4O/c1-18(8-6-13(15)16)14-12-9-11(19-2)4-3-10(12)5-7-17-14/h3-5,7,9H,6,8H2,1-2H3,(H3,15,16). The second-order valence-electron chi connectivity index (χ2n) is 4.42. The van der Waals surface area contributed by atoms with Gasteiger partial charge in [0.15, 0.2) is 0 Å². The lowest BCUT2D eigenvalue weighted by molar-refractivity contribution is 0.415. The molecule has 1 aromatic heterocycles. The van der Waals surface area contributed by atoms with Crippen LogP contribution in [0.2, 0.25) is 0 Å². The van der Waals surface area contributed by atoms with E-state index >= 15 is 0 Å². The fourth-order valence-corrected chi connectivity index (χ4v) is 1.96. The zero-order chi connectivity index (χ0) is 13.8. The Morgan fingerprint density at radius 3 is 2.89 bits per heavy atom. The van der Waals surface area contributed by atoms with E-state index in [1.165, 1.54) is 0 Å². The average Bonchev–Trinajstić information content (AvgIpc) is 2.43. The van der Waals surface area contributed by atoms with Gasteiger partial charge in [0, 0.05) is 31.6 Å². The third kappa shape index (κ3) is 2.93. The molecular formula is C14H18N4O. The first-order valence-corrected chi connectivity index (χ1v) is 6.08. The predicted molar refractivity (Wildman–Crippen MR) is 78.1 cm³/mol. The molecule has 19 heavy (non-hydrogen) atoms. The van der Waals surface area contributed by atoms with Gasteiger partial charge in [0.2, 0.25) is 0 Å². The molecule has 0 bridgehead atoms. The summed E-state index contributed by atoms with van der Waals surface area (Å²) in [5, 5.41) is 9.43. The van der Waals surface area contributed by atoms with Crippen LogP contribution < -0.4 is 15.4 Å². The molecule has 0 aliphatic heterocycles. The number of pyridine rings is 1. The van der Waals surface area contributed by atoms with E-state index in [-0.39, 0.29) is 5.84 Å². The molecule has 0 aliphatic carbocycles. The zero-order valence-electron chi connectivity index (χ0n) is 11.2. The van der Waals surface area contributed by atoms with Crippen molar-refractivity contribution >= 4 is 22.4 Å². The number of methoxy groups -OCH3 is 1. The smallest absolute Gasteiger partial charge is 0.136 e. The van der Waals surface area contributed by atoms with Gasteiger partial charge in [-0.1, -0.05) is 6.07 Å². The maximum atomic E-state index is 7.29. The van der Waals surface area contributed by atoms with Gasteiger partial charge in [-0.15, -0.1) is 0 Å². The van der Waals surface area contributed by atoms with Crippen molar-refractivity contribution in [1.29, 1.82) is 5.41 Å². The van der Waals surface area contributed by atoms with Crippen LogP contribution >= 0.6 is 0 Å². The van der Waals surface area contributed by atoms with E-state index < -0.39 is 0 Å². The quantitative estimate of drug-likeness (QED) is 0.635. The summed E-state index contributed by atoms with van der Waals surface area (Å²) < 4.78 is 5.25. The highest BCUT2D eigenvalue weighted by molar-refractivity contribution is 5.93. The molecule has 5 nitrogen and oxygen atoms in total. The highest BCUT2D eigenvalue weighted by Crippen LogP contribution is 2.27. The molecule has 5 heteroatoms. The van der Waals surface area contributed by atoms with Crippen molar-refractivity contribution in [2.45, 2.75) is 6.42 Å². The lowest BCUT2D eigenvalue weighted by Crippen LogP contribution is -2.24. The van der Waals surface area contributed by atoms with Gasteiger partial charge < -0.3 is 15.4 Å². The van der Waals surface area contributed by atoms with Gasteiger partial charge in [-0.2, -0.15) is 0 Å². The van der Waals surface area contributed by atoms with Crippen molar-refractivity contribution in [3.8, 4) is 5.75 Å². The Morgan fingerprint density at radius 1 is 1.42 bits per heavy atom. The maximum absolute atomic E-state index is 7.29. The predicted octanol–water partition coefficient (Wildman–Crippen LogP) is 2.01. The van der Waals surface area contributed by atoms with Crippen LogP contribution in [0.1, 0.15) is 6.42 Å². The highest BCUT2D eigenvalue weighted by atomic mass is 16.5. The summed E-state index contributed by atoms with van der Waals surface area (Å²) in [5.74, 6) is 1.86. The third-order valence-electron chi connectivity index (χ3n) is 3.03. The van der Waals surface area contributed by atoms with E-state index in [0.29, 0.717) is 13.0 Å². The van der Waals surface area contributed by atoms with E-state index in [1.807, 2.05) is 36.2 Å². The molecule has 0 fully saturated rings. The summed E-state index contributed by atoms with van der Waals surface area (Å²) in [6, 6.07) is 7.89. The van der Waals surface area contributed by atoms with Crippen LogP contribution in [0.5, 0.6) is 5.75 Å². The molecule has 2 rings (SSSR count). The minimum atomic E-state index is 0.185. The summed E-state index contributed by atoms with van der Waals surface area (Å²) in [6.45, 7) is 0.665. The number of aromatic nitrogens is 1. The van der Waals surface area contributed by atoms with Crippen LogP contribution in [0.25, 0.3) is 10.8 Å². The molecule has 3 N–H and O–H groups in total. The molecule has 2 aromatic rings. The number of hydrogen-bond donors (Lipinski definition) is 2. The Kier molecular flexibility index (Phi) is 3.85. The minimum absolute atomic E-state index is 0.185. The first-order valence-electron chi connectivity index (χ1n) is 6.08. The molecular weight excluding hydrogens is 240 g/mol. The number of nitrogens with two attached hydrogens (primary N) is 1. The third-order valence-corrected chi connectivity index (χ3v) is 3.03. The molecule has 0 saturated carbocycles. The van der Waals surface area contributed by atoms with Crippen molar-refractivity contribution < 1.29 is 4.74 Å². The van der Waals surface area contributed by atoms with Crippen LogP contribution in [0.15, 0.2) is 30.5 Å². The van der Waals surface area contributed by atoms with Crippen LogP contribution in [0.4, 0.5) is 5.82 Å². The number of amidine groups is 1. The van der Waals surface area contributed by atoms with Gasteiger partial charge in [0.25, 0.3) is 0 Å². The van der Waals surface area contributed by atoms with Gasteiger partial charge in [0.05, 0.1) is 12.9 Å². The largest absolute Gasteiger partial charge is 0.497 e. The van der Waals surface area contributed by atoms with E-state index in [2.05, 4.69) is 4.98 Å². The average molecular weight is 258 g/mol. The SMILES string of the molecule is COc1ccc2ccnc(N(C)CCC(=N)N)c2c1. The number of rotatable bonds is 5. The Labute approximate surface area is 112 Å². The van der Waals surface area contributed by atoms with Crippen LogP contribution in [0.3, 0.4) is 0 Å². The normalized spacial score (nSPS) is 10.4. The fraction of sp³-hybridized carbons (Fsp3) is 0.286. The van der Waals surface area contributed by atoms with Crippen LogP contribution in [0, 0.1) is 5.41 Å². The number of nitrogens with one attached hydrogen (secondary N) is 1. The van der Waals surface area contributed by atoms with Crippen molar-refractivity contribution in [2.24, 2.45) is 5.73 Å². The van der Waals surface area contributed by atoms with Crippen molar-refractivity contribution in [2.75, 3.05) is 25.6 Å². The van der Waals surface area contributed by atoms with E-state index in [9.17, 15) is 0 Å². The summed E-state index contributed by atoms with van der Waals surface area (Å²) >= 11 is 0. The van der Waals surface area contributed by atoms with Gasteiger partial charge in [-0.3, -0.25) is 5.41 Å². The van der Waals surface area contributed by atoms with E-state index in [4.69, 9.17) is 15.9 Å². The summed E-state index contributed by atoms with van der Waals surface area (Å²) in [5.41, 5.74) is 5.39.